The number of halogens is 2. The van der Waals surface area contributed by atoms with Crippen molar-refractivity contribution in [2.45, 2.75) is 31.6 Å². The van der Waals surface area contributed by atoms with Gasteiger partial charge in [0.2, 0.25) is 0 Å². The minimum Gasteiger partial charge on any atom is -0.103 e. The number of allylic oxidation sites excluding steroid dienone is 1. The van der Waals surface area contributed by atoms with Gasteiger partial charge in [-0.3, -0.25) is 0 Å². The van der Waals surface area contributed by atoms with Crippen molar-refractivity contribution in [1.82, 2.24) is 0 Å². The topological polar surface area (TPSA) is 0 Å². The first kappa shape index (κ1) is 15.6. The molecule has 0 unspecified atom stereocenters. The van der Waals surface area contributed by atoms with E-state index in [1.165, 1.54) is 36.8 Å². The van der Waals surface area contributed by atoms with Crippen molar-refractivity contribution in [3.05, 3.63) is 70.7 Å². The van der Waals surface area contributed by atoms with Crippen LogP contribution in [0.4, 0.5) is 0 Å². The van der Waals surface area contributed by atoms with Gasteiger partial charge in [-0.05, 0) is 66.3 Å². The van der Waals surface area contributed by atoms with Crippen LogP contribution in [0.25, 0.3) is 11.1 Å². The molecule has 0 aromatic heterocycles. The number of rotatable bonds is 3. The highest BCUT2D eigenvalue weighted by atomic mass is 35.5. The fraction of sp³-hybridized carbons (Fsp3) is 0.300. The highest BCUT2D eigenvalue weighted by Crippen LogP contribution is 2.37. The molecule has 0 saturated heterocycles. The highest BCUT2D eigenvalue weighted by Gasteiger charge is 2.20. The van der Waals surface area contributed by atoms with Crippen molar-refractivity contribution in [1.29, 1.82) is 0 Å². The van der Waals surface area contributed by atoms with Gasteiger partial charge in [0, 0.05) is 0 Å². The Morgan fingerprint density at radius 3 is 2.05 bits per heavy atom. The van der Waals surface area contributed by atoms with Crippen LogP contribution in [-0.4, -0.2) is 0 Å². The maximum Gasteiger partial charge on any atom is 0.0598 e. The van der Waals surface area contributed by atoms with Crippen LogP contribution in [-0.2, 0) is 0 Å². The van der Waals surface area contributed by atoms with E-state index in [9.17, 15) is 0 Å². The summed E-state index contributed by atoms with van der Waals surface area (Å²) >= 11 is 12.1. The second-order valence-electron chi connectivity index (χ2n) is 6.10. The lowest BCUT2D eigenvalue weighted by Crippen LogP contribution is -2.11. The molecule has 2 heteroatoms. The van der Waals surface area contributed by atoms with E-state index in [-0.39, 0.29) is 0 Å². The van der Waals surface area contributed by atoms with Crippen LogP contribution in [0.15, 0.2) is 55.1 Å². The third kappa shape index (κ3) is 3.39. The van der Waals surface area contributed by atoms with Gasteiger partial charge in [-0.25, -0.2) is 0 Å². The fourth-order valence-electron chi connectivity index (χ4n) is 3.31. The van der Waals surface area contributed by atoms with Gasteiger partial charge in [-0.15, -0.1) is 6.58 Å². The molecule has 1 aliphatic carbocycles. The normalized spacial score (nSPS) is 21.5. The first-order valence-corrected chi connectivity index (χ1v) is 8.61. The average molecular weight is 331 g/mol. The summed E-state index contributed by atoms with van der Waals surface area (Å²) in [7, 11) is 0. The molecule has 0 bridgehead atoms. The molecule has 2 aromatic carbocycles. The van der Waals surface area contributed by atoms with E-state index < -0.39 is 0 Å². The van der Waals surface area contributed by atoms with E-state index in [4.69, 9.17) is 23.2 Å². The zero-order chi connectivity index (χ0) is 15.5. The van der Waals surface area contributed by atoms with Crippen LogP contribution >= 0.6 is 23.2 Å². The molecule has 0 radical (unpaired) electrons. The zero-order valence-electron chi connectivity index (χ0n) is 12.6. The molecule has 0 amide bonds. The highest BCUT2D eigenvalue weighted by molar-refractivity contribution is 6.42. The maximum atomic E-state index is 6.10. The Bertz CT molecular complexity index is 650. The standard InChI is InChI=1S/C20H20Cl2/c1-2-14-3-5-15(6-4-14)16-7-9-17(10-8-16)18-11-12-19(21)20(22)13-18/h2,7-15H,1,3-6H2. The molecule has 22 heavy (non-hydrogen) atoms. The van der Waals surface area contributed by atoms with Crippen molar-refractivity contribution < 1.29 is 0 Å². The van der Waals surface area contributed by atoms with Gasteiger partial charge >= 0.3 is 0 Å². The van der Waals surface area contributed by atoms with E-state index in [0.29, 0.717) is 21.9 Å². The van der Waals surface area contributed by atoms with Gasteiger partial charge < -0.3 is 0 Å². The quantitative estimate of drug-likeness (QED) is 0.525. The summed E-state index contributed by atoms with van der Waals surface area (Å²) < 4.78 is 0. The second kappa shape index (κ2) is 6.89. The van der Waals surface area contributed by atoms with E-state index in [1.807, 2.05) is 18.2 Å². The minimum absolute atomic E-state index is 0.598. The predicted octanol–water partition coefficient (Wildman–Crippen LogP) is 7.12. The summed E-state index contributed by atoms with van der Waals surface area (Å²) in [5.41, 5.74) is 3.74. The third-order valence-corrected chi connectivity index (χ3v) is 5.48. The Morgan fingerprint density at radius 1 is 0.818 bits per heavy atom. The van der Waals surface area contributed by atoms with Gasteiger partial charge in [-0.1, -0.05) is 59.6 Å². The largest absolute Gasteiger partial charge is 0.103 e. The molecule has 0 N–H and O–H groups in total. The summed E-state index contributed by atoms with van der Waals surface area (Å²) in [6.45, 7) is 3.92. The smallest absolute Gasteiger partial charge is 0.0598 e. The van der Waals surface area contributed by atoms with E-state index in [2.05, 4.69) is 36.9 Å². The van der Waals surface area contributed by atoms with Crippen molar-refractivity contribution in [3.8, 4) is 11.1 Å². The Morgan fingerprint density at radius 2 is 1.45 bits per heavy atom. The van der Waals surface area contributed by atoms with Crippen molar-refractivity contribution in [2.75, 3.05) is 0 Å². The van der Waals surface area contributed by atoms with Gasteiger partial charge in [-0.2, -0.15) is 0 Å². The van der Waals surface area contributed by atoms with E-state index in [1.54, 1.807) is 0 Å². The molecule has 0 aliphatic heterocycles. The number of hydrogen-bond donors (Lipinski definition) is 0. The molecule has 0 spiro atoms. The summed E-state index contributed by atoms with van der Waals surface area (Å²) in [5.74, 6) is 1.41. The van der Waals surface area contributed by atoms with Crippen molar-refractivity contribution >= 4 is 23.2 Å². The average Bonchev–Trinajstić information content (AvgIpc) is 2.58. The zero-order valence-corrected chi connectivity index (χ0v) is 14.1. The molecular formula is C20H20Cl2. The fourth-order valence-corrected chi connectivity index (χ4v) is 3.61. The van der Waals surface area contributed by atoms with Gasteiger partial charge in [0.05, 0.1) is 10.0 Å². The SMILES string of the molecule is C=CC1CCC(c2ccc(-c3ccc(Cl)c(Cl)c3)cc2)CC1. The lowest BCUT2D eigenvalue weighted by atomic mass is 9.78. The van der Waals surface area contributed by atoms with Crippen LogP contribution in [0.1, 0.15) is 37.2 Å². The Labute approximate surface area is 142 Å². The van der Waals surface area contributed by atoms with Gasteiger partial charge in [0.15, 0.2) is 0 Å². The molecule has 114 valence electrons. The van der Waals surface area contributed by atoms with Gasteiger partial charge in [0.1, 0.15) is 0 Å². The van der Waals surface area contributed by atoms with Crippen molar-refractivity contribution in [2.24, 2.45) is 5.92 Å². The molecule has 0 nitrogen and oxygen atoms in total. The lowest BCUT2D eigenvalue weighted by Gasteiger charge is -2.27. The monoisotopic (exact) mass is 330 g/mol. The van der Waals surface area contributed by atoms with Gasteiger partial charge in [0.25, 0.3) is 0 Å². The summed E-state index contributed by atoms with van der Waals surface area (Å²) in [6.07, 6.45) is 7.18. The molecule has 1 saturated carbocycles. The summed E-state index contributed by atoms with van der Waals surface area (Å²) in [4.78, 5) is 0. The van der Waals surface area contributed by atoms with Crippen LogP contribution in [0.3, 0.4) is 0 Å². The molecule has 2 aromatic rings. The number of hydrogen-bond acceptors (Lipinski definition) is 0. The Kier molecular flexibility index (Phi) is 4.90. The molecule has 3 rings (SSSR count). The lowest BCUT2D eigenvalue weighted by molar-refractivity contribution is 0.376. The summed E-state index contributed by atoms with van der Waals surface area (Å²) in [6, 6.07) is 14.7. The molecule has 1 aliphatic rings. The van der Waals surface area contributed by atoms with E-state index >= 15 is 0 Å². The molecule has 0 heterocycles. The second-order valence-corrected chi connectivity index (χ2v) is 6.91. The van der Waals surface area contributed by atoms with Crippen LogP contribution in [0.5, 0.6) is 0 Å². The first-order chi connectivity index (χ1) is 10.7. The van der Waals surface area contributed by atoms with Crippen LogP contribution in [0.2, 0.25) is 10.0 Å². The molecule has 1 fully saturated rings. The molecule has 0 atom stereocenters. The Balaban J connectivity index is 1.75. The summed E-state index contributed by atoms with van der Waals surface area (Å²) in [5, 5.41) is 1.20. The van der Waals surface area contributed by atoms with Crippen LogP contribution in [0, 0.1) is 5.92 Å². The van der Waals surface area contributed by atoms with Crippen molar-refractivity contribution in [3.63, 3.8) is 0 Å². The predicted molar refractivity (Wildman–Crippen MR) is 96.8 cm³/mol. The van der Waals surface area contributed by atoms with Crippen LogP contribution < -0.4 is 0 Å². The molecular weight excluding hydrogens is 311 g/mol. The maximum absolute atomic E-state index is 6.10. The Hall–Kier alpha value is -1.24. The minimum atomic E-state index is 0.598. The van der Waals surface area contributed by atoms with E-state index in [0.717, 1.165) is 5.56 Å². The first-order valence-electron chi connectivity index (χ1n) is 7.85. The number of benzene rings is 2. The third-order valence-electron chi connectivity index (χ3n) is 4.74.